The molecule has 2 amide bonds. The Labute approximate surface area is 245 Å². The molecule has 0 atom stereocenters. The predicted octanol–water partition coefficient (Wildman–Crippen LogP) is 6.37. The predicted molar refractivity (Wildman–Crippen MR) is 158 cm³/mol. The van der Waals surface area contributed by atoms with E-state index in [0.717, 1.165) is 18.6 Å². The van der Waals surface area contributed by atoms with Gasteiger partial charge in [-0.2, -0.15) is 0 Å². The maximum absolute atomic E-state index is 13.3. The standard InChI is InChI=1S/C31H35ClN2O7/c1-4-37-27-17-21(18-28(38-5-2)30(27)39-6-3)31(36)33-23-11-14-26-25(19-23)34(29(35)20-41-26)15-7-8-16-40-24-12-9-22(32)10-13-24/h9-14,17-19H,4-8,15-16,20H2,1-3H3,(H,33,36). The molecule has 0 fully saturated rings. The molecule has 3 aromatic rings. The second-order valence-electron chi connectivity index (χ2n) is 9.08. The first kappa shape index (κ1) is 29.9. The summed E-state index contributed by atoms with van der Waals surface area (Å²) in [5.74, 6) is 2.15. The smallest absolute Gasteiger partial charge is 0.265 e. The fourth-order valence-corrected chi connectivity index (χ4v) is 4.47. The number of benzene rings is 3. The Morgan fingerprint density at radius 2 is 1.59 bits per heavy atom. The van der Waals surface area contributed by atoms with Gasteiger partial charge in [0, 0.05) is 22.8 Å². The summed E-state index contributed by atoms with van der Waals surface area (Å²) in [5.41, 5.74) is 1.48. The van der Waals surface area contributed by atoms with Crippen LogP contribution in [0.25, 0.3) is 0 Å². The van der Waals surface area contributed by atoms with Crippen LogP contribution in [-0.4, -0.2) is 51.4 Å². The Balaban J connectivity index is 1.45. The Morgan fingerprint density at radius 3 is 2.24 bits per heavy atom. The maximum Gasteiger partial charge on any atom is 0.265 e. The number of halogens is 1. The van der Waals surface area contributed by atoms with E-state index in [1.165, 1.54) is 0 Å². The number of unbranched alkanes of at least 4 members (excludes halogenated alkanes) is 1. The molecule has 3 aromatic carbocycles. The highest BCUT2D eigenvalue weighted by Crippen LogP contribution is 2.40. The highest BCUT2D eigenvalue weighted by molar-refractivity contribution is 6.30. The molecule has 1 aliphatic heterocycles. The zero-order valence-electron chi connectivity index (χ0n) is 23.5. The summed E-state index contributed by atoms with van der Waals surface area (Å²) in [6.07, 6.45) is 1.48. The zero-order valence-corrected chi connectivity index (χ0v) is 24.3. The van der Waals surface area contributed by atoms with Crippen LogP contribution in [0, 0.1) is 0 Å². The van der Waals surface area contributed by atoms with Crippen LogP contribution in [0.1, 0.15) is 44.0 Å². The molecular formula is C31H35ClN2O7. The quantitative estimate of drug-likeness (QED) is 0.221. The Hall–Kier alpha value is -4.11. The van der Waals surface area contributed by atoms with Crippen molar-refractivity contribution in [1.82, 2.24) is 0 Å². The normalized spacial score (nSPS) is 12.3. The summed E-state index contributed by atoms with van der Waals surface area (Å²) in [6.45, 7) is 7.78. The van der Waals surface area contributed by atoms with E-state index in [1.54, 1.807) is 47.4 Å². The molecule has 0 bridgehead atoms. The minimum atomic E-state index is -0.358. The zero-order chi connectivity index (χ0) is 29.2. The summed E-state index contributed by atoms with van der Waals surface area (Å²) in [7, 11) is 0. The van der Waals surface area contributed by atoms with Gasteiger partial charge in [-0.15, -0.1) is 0 Å². The molecule has 9 nitrogen and oxygen atoms in total. The fourth-order valence-electron chi connectivity index (χ4n) is 4.34. The highest BCUT2D eigenvalue weighted by Gasteiger charge is 2.26. The lowest BCUT2D eigenvalue weighted by Crippen LogP contribution is -2.39. The van der Waals surface area contributed by atoms with Crippen molar-refractivity contribution < 1.29 is 33.3 Å². The SMILES string of the molecule is CCOc1cc(C(=O)Nc2ccc3c(c2)N(CCCCOc2ccc(Cl)cc2)C(=O)CO3)cc(OCC)c1OCC. The topological polar surface area (TPSA) is 95.6 Å². The van der Waals surface area contributed by atoms with E-state index in [4.69, 9.17) is 35.3 Å². The second kappa shape index (κ2) is 14.5. The first-order valence-electron chi connectivity index (χ1n) is 13.8. The minimum absolute atomic E-state index is 0.0351. The van der Waals surface area contributed by atoms with Crippen LogP contribution < -0.4 is 33.9 Å². The average molecular weight is 583 g/mol. The molecule has 41 heavy (non-hydrogen) atoms. The van der Waals surface area contributed by atoms with Gasteiger partial charge in [-0.3, -0.25) is 9.59 Å². The van der Waals surface area contributed by atoms with Crippen molar-refractivity contribution in [3.8, 4) is 28.7 Å². The molecule has 0 aromatic heterocycles. The van der Waals surface area contributed by atoms with Gasteiger partial charge in [0.05, 0.1) is 32.1 Å². The molecule has 218 valence electrons. The van der Waals surface area contributed by atoms with Crippen LogP contribution in [0.2, 0.25) is 5.02 Å². The summed E-state index contributed by atoms with van der Waals surface area (Å²) in [4.78, 5) is 27.7. The lowest BCUT2D eigenvalue weighted by molar-refractivity contribution is -0.121. The van der Waals surface area contributed by atoms with Gasteiger partial charge in [0.15, 0.2) is 18.1 Å². The van der Waals surface area contributed by atoms with E-state index < -0.39 is 0 Å². The van der Waals surface area contributed by atoms with Gasteiger partial charge in [0.25, 0.3) is 11.8 Å². The first-order chi connectivity index (χ1) is 19.9. The highest BCUT2D eigenvalue weighted by atomic mass is 35.5. The molecule has 4 rings (SSSR count). The van der Waals surface area contributed by atoms with E-state index in [0.29, 0.717) is 77.9 Å². The number of fused-ring (bicyclic) bond motifs is 1. The van der Waals surface area contributed by atoms with Gasteiger partial charge in [0.1, 0.15) is 11.5 Å². The van der Waals surface area contributed by atoms with E-state index in [1.807, 2.05) is 32.9 Å². The van der Waals surface area contributed by atoms with E-state index >= 15 is 0 Å². The fraction of sp³-hybridized carbons (Fsp3) is 0.355. The van der Waals surface area contributed by atoms with Gasteiger partial charge in [-0.1, -0.05) is 11.6 Å². The van der Waals surface area contributed by atoms with Crippen molar-refractivity contribution in [2.45, 2.75) is 33.6 Å². The van der Waals surface area contributed by atoms with Crippen LogP contribution in [0.4, 0.5) is 11.4 Å². The van der Waals surface area contributed by atoms with E-state index in [9.17, 15) is 9.59 Å². The van der Waals surface area contributed by atoms with Crippen LogP contribution in [0.3, 0.4) is 0 Å². The van der Waals surface area contributed by atoms with E-state index in [-0.39, 0.29) is 18.4 Å². The first-order valence-corrected chi connectivity index (χ1v) is 14.1. The summed E-state index contributed by atoms with van der Waals surface area (Å²) in [6, 6.07) is 15.7. The third-order valence-corrected chi connectivity index (χ3v) is 6.44. The second-order valence-corrected chi connectivity index (χ2v) is 9.52. The largest absolute Gasteiger partial charge is 0.494 e. The third-order valence-electron chi connectivity index (χ3n) is 6.19. The minimum Gasteiger partial charge on any atom is -0.494 e. The molecule has 0 unspecified atom stereocenters. The number of nitrogens with zero attached hydrogens (tertiary/aromatic N) is 1. The number of ether oxygens (including phenoxy) is 5. The van der Waals surface area contributed by atoms with Crippen LogP contribution in [-0.2, 0) is 4.79 Å². The molecule has 0 saturated heterocycles. The monoisotopic (exact) mass is 582 g/mol. The number of carbonyl (C=O) groups is 2. The van der Waals surface area contributed by atoms with Gasteiger partial charge in [0.2, 0.25) is 5.75 Å². The number of hydrogen-bond acceptors (Lipinski definition) is 7. The molecule has 0 radical (unpaired) electrons. The number of hydrogen-bond donors (Lipinski definition) is 1. The molecule has 0 spiro atoms. The maximum atomic E-state index is 13.3. The molecule has 1 aliphatic rings. The molecular weight excluding hydrogens is 548 g/mol. The Kier molecular flexibility index (Phi) is 10.6. The van der Waals surface area contributed by atoms with Crippen molar-refractivity contribution >= 4 is 34.8 Å². The van der Waals surface area contributed by atoms with Crippen LogP contribution >= 0.6 is 11.6 Å². The van der Waals surface area contributed by atoms with Crippen molar-refractivity contribution in [1.29, 1.82) is 0 Å². The van der Waals surface area contributed by atoms with Crippen LogP contribution in [0.5, 0.6) is 28.7 Å². The van der Waals surface area contributed by atoms with Crippen LogP contribution in [0.15, 0.2) is 54.6 Å². The van der Waals surface area contributed by atoms with Crippen molar-refractivity contribution in [2.75, 3.05) is 49.8 Å². The molecule has 0 aliphatic carbocycles. The Morgan fingerprint density at radius 1 is 0.902 bits per heavy atom. The lowest BCUT2D eigenvalue weighted by atomic mass is 10.1. The summed E-state index contributed by atoms with van der Waals surface area (Å²) < 4.78 is 28.6. The third kappa shape index (κ3) is 7.76. The molecule has 1 heterocycles. The van der Waals surface area contributed by atoms with Gasteiger partial charge in [-0.05, 0) is 88.2 Å². The number of rotatable bonds is 14. The number of anilines is 2. The van der Waals surface area contributed by atoms with E-state index in [2.05, 4.69) is 5.32 Å². The van der Waals surface area contributed by atoms with Gasteiger partial charge < -0.3 is 33.9 Å². The van der Waals surface area contributed by atoms with Crippen molar-refractivity contribution in [3.05, 3.63) is 65.2 Å². The molecule has 1 N–H and O–H groups in total. The number of carbonyl (C=O) groups excluding carboxylic acids is 2. The number of nitrogens with one attached hydrogen (secondary N) is 1. The van der Waals surface area contributed by atoms with Gasteiger partial charge in [-0.25, -0.2) is 0 Å². The summed E-state index contributed by atoms with van der Waals surface area (Å²) >= 11 is 5.92. The van der Waals surface area contributed by atoms with Crippen molar-refractivity contribution in [2.24, 2.45) is 0 Å². The lowest BCUT2D eigenvalue weighted by Gasteiger charge is -2.30. The molecule has 10 heteroatoms. The Bertz CT molecular complexity index is 1320. The summed E-state index contributed by atoms with van der Waals surface area (Å²) in [5, 5.41) is 3.57. The van der Waals surface area contributed by atoms with Crippen molar-refractivity contribution in [3.63, 3.8) is 0 Å². The van der Waals surface area contributed by atoms with Gasteiger partial charge >= 0.3 is 0 Å². The average Bonchev–Trinajstić information content (AvgIpc) is 2.96. The molecule has 0 saturated carbocycles. The number of amides is 2.